The summed E-state index contributed by atoms with van der Waals surface area (Å²) in [6.07, 6.45) is 3.55. The van der Waals surface area contributed by atoms with Crippen LogP contribution in [-0.4, -0.2) is 11.9 Å². The number of carbonyl (C=O) groups excluding carboxylic acids is 1. The predicted octanol–water partition coefficient (Wildman–Crippen LogP) is 1.48. The van der Waals surface area contributed by atoms with Crippen molar-refractivity contribution in [2.75, 3.05) is 0 Å². The fourth-order valence-electron chi connectivity index (χ4n) is 1.56. The average molecular weight is 222 g/mol. The van der Waals surface area contributed by atoms with E-state index in [0.717, 1.165) is 6.42 Å². The summed E-state index contributed by atoms with van der Waals surface area (Å²) in [6.45, 7) is 6.19. The molecule has 0 fully saturated rings. The fourth-order valence-corrected chi connectivity index (χ4v) is 1.56. The average Bonchev–Trinajstić information content (AvgIpc) is 2.26. The van der Waals surface area contributed by atoms with Gasteiger partial charge < -0.3 is 10.5 Å². The lowest BCUT2D eigenvalue weighted by Crippen LogP contribution is -2.38. The van der Waals surface area contributed by atoms with E-state index in [1.807, 2.05) is 6.92 Å². The second-order valence-corrected chi connectivity index (χ2v) is 4.18. The summed E-state index contributed by atoms with van der Waals surface area (Å²) in [5.74, 6) is 0.281. The van der Waals surface area contributed by atoms with Gasteiger partial charge >= 0.3 is 0 Å². The highest BCUT2D eigenvalue weighted by molar-refractivity contribution is 5.94. The van der Waals surface area contributed by atoms with Crippen LogP contribution < -0.4 is 10.0 Å². The Kier molecular flexibility index (Phi) is 4.28. The number of hydrogen-bond donors (Lipinski definition) is 1. The molecule has 1 N–H and O–H groups in total. The van der Waals surface area contributed by atoms with Crippen molar-refractivity contribution in [1.29, 1.82) is 0 Å². The van der Waals surface area contributed by atoms with Crippen LogP contribution in [0.4, 0.5) is 0 Å². The molecule has 1 unspecified atom stereocenters. The Morgan fingerprint density at radius 2 is 2.00 bits per heavy atom. The lowest BCUT2D eigenvalue weighted by molar-refractivity contribution is -0.605. The zero-order valence-corrected chi connectivity index (χ0v) is 9.93. The van der Waals surface area contributed by atoms with E-state index in [4.69, 9.17) is 0 Å². The molecule has 0 aliphatic rings. The van der Waals surface area contributed by atoms with Crippen LogP contribution in [-0.2, 0) is 0 Å². The molecule has 0 aromatic carbocycles. The van der Waals surface area contributed by atoms with Gasteiger partial charge in [-0.3, -0.25) is 4.79 Å². The maximum Gasteiger partial charge on any atom is 0.251 e. The minimum absolute atomic E-state index is 0.124. The first-order chi connectivity index (χ1) is 7.54. The number of amides is 1. The number of pyridine rings is 1. The molecule has 1 amide bonds. The lowest BCUT2D eigenvalue weighted by Gasteiger charge is -2.20. The first-order valence-electron chi connectivity index (χ1n) is 5.54. The normalized spacial score (nSPS) is 12.5. The molecule has 4 heteroatoms. The Balaban J connectivity index is 2.68. The van der Waals surface area contributed by atoms with Gasteiger partial charge in [-0.25, -0.2) is 0 Å². The number of rotatable bonds is 4. The summed E-state index contributed by atoms with van der Waals surface area (Å²) < 4.78 is 0.663. The number of hydrogen-bond acceptors (Lipinski definition) is 2. The van der Waals surface area contributed by atoms with Crippen LogP contribution in [0.15, 0.2) is 24.5 Å². The summed E-state index contributed by atoms with van der Waals surface area (Å²) in [4.78, 5) is 11.8. The molecule has 88 valence electrons. The molecule has 1 aromatic rings. The molecule has 1 heterocycles. The van der Waals surface area contributed by atoms with Crippen molar-refractivity contribution in [2.24, 2.45) is 5.92 Å². The van der Waals surface area contributed by atoms with Gasteiger partial charge in [0.15, 0.2) is 12.4 Å². The minimum atomic E-state index is -0.124. The van der Waals surface area contributed by atoms with E-state index in [2.05, 4.69) is 19.2 Å². The SMILES string of the molecule is CCC(NC(=O)c1cc[n+]([O-])cc1)C(C)C. The first-order valence-corrected chi connectivity index (χ1v) is 5.54. The molecular formula is C12H18N2O2. The Hall–Kier alpha value is -1.58. The quantitative estimate of drug-likeness (QED) is 0.619. The van der Waals surface area contributed by atoms with E-state index in [-0.39, 0.29) is 11.9 Å². The summed E-state index contributed by atoms with van der Waals surface area (Å²) in [5, 5.41) is 13.8. The Morgan fingerprint density at radius 3 is 2.44 bits per heavy atom. The standard InChI is InChI=1S/C12H18N2O2/c1-4-11(9(2)3)13-12(15)10-5-7-14(16)8-6-10/h5-9,11H,4H2,1-3H3,(H,13,15). The van der Waals surface area contributed by atoms with Gasteiger partial charge in [0.1, 0.15) is 0 Å². The van der Waals surface area contributed by atoms with Crippen molar-refractivity contribution < 1.29 is 9.52 Å². The summed E-state index contributed by atoms with van der Waals surface area (Å²) >= 11 is 0. The van der Waals surface area contributed by atoms with Gasteiger partial charge in [0.05, 0.1) is 5.56 Å². The van der Waals surface area contributed by atoms with Crippen molar-refractivity contribution in [3.8, 4) is 0 Å². The predicted molar refractivity (Wildman–Crippen MR) is 61.8 cm³/mol. The Labute approximate surface area is 95.9 Å². The minimum Gasteiger partial charge on any atom is -0.619 e. The second kappa shape index (κ2) is 5.49. The molecule has 0 spiro atoms. The highest BCUT2D eigenvalue weighted by Crippen LogP contribution is 2.06. The van der Waals surface area contributed by atoms with Gasteiger partial charge in [-0.1, -0.05) is 20.8 Å². The van der Waals surface area contributed by atoms with Gasteiger partial charge in [-0.05, 0) is 12.3 Å². The maximum atomic E-state index is 11.8. The molecule has 0 aliphatic heterocycles. The second-order valence-electron chi connectivity index (χ2n) is 4.18. The zero-order valence-electron chi connectivity index (χ0n) is 9.93. The first kappa shape index (κ1) is 12.5. The van der Waals surface area contributed by atoms with Crippen LogP contribution in [0.1, 0.15) is 37.6 Å². The monoisotopic (exact) mass is 222 g/mol. The van der Waals surface area contributed by atoms with Crippen LogP contribution in [0.5, 0.6) is 0 Å². The van der Waals surface area contributed by atoms with Gasteiger partial charge in [0.25, 0.3) is 5.91 Å². The number of nitrogens with one attached hydrogen (secondary N) is 1. The third kappa shape index (κ3) is 3.22. The number of nitrogens with zero attached hydrogens (tertiary/aromatic N) is 1. The number of aromatic nitrogens is 1. The van der Waals surface area contributed by atoms with Crippen molar-refractivity contribution in [1.82, 2.24) is 5.32 Å². The molecule has 0 saturated heterocycles. The summed E-state index contributed by atoms with van der Waals surface area (Å²) in [5.41, 5.74) is 0.520. The fraction of sp³-hybridized carbons (Fsp3) is 0.500. The van der Waals surface area contributed by atoms with Crippen molar-refractivity contribution in [3.05, 3.63) is 35.3 Å². The molecule has 16 heavy (non-hydrogen) atoms. The van der Waals surface area contributed by atoms with Gasteiger partial charge in [-0.15, -0.1) is 0 Å². The third-order valence-electron chi connectivity index (χ3n) is 2.63. The Bertz CT molecular complexity index is 347. The van der Waals surface area contributed by atoms with E-state index in [0.29, 0.717) is 16.2 Å². The summed E-state index contributed by atoms with van der Waals surface area (Å²) in [6, 6.07) is 3.22. The Morgan fingerprint density at radius 1 is 1.44 bits per heavy atom. The summed E-state index contributed by atoms with van der Waals surface area (Å²) in [7, 11) is 0. The van der Waals surface area contributed by atoms with E-state index in [9.17, 15) is 10.0 Å². The van der Waals surface area contributed by atoms with E-state index < -0.39 is 0 Å². The van der Waals surface area contributed by atoms with Crippen molar-refractivity contribution in [3.63, 3.8) is 0 Å². The van der Waals surface area contributed by atoms with Crippen LogP contribution in [0.2, 0.25) is 0 Å². The molecule has 0 saturated carbocycles. The third-order valence-corrected chi connectivity index (χ3v) is 2.63. The van der Waals surface area contributed by atoms with Gasteiger partial charge in [-0.2, -0.15) is 4.73 Å². The lowest BCUT2D eigenvalue weighted by atomic mass is 10.0. The molecule has 1 rings (SSSR count). The highest BCUT2D eigenvalue weighted by Gasteiger charge is 2.15. The van der Waals surface area contributed by atoms with E-state index >= 15 is 0 Å². The molecule has 0 bridgehead atoms. The molecule has 0 radical (unpaired) electrons. The zero-order chi connectivity index (χ0) is 12.1. The van der Waals surface area contributed by atoms with E-state index in [1.54, 1.807) is 0 Å². The molecule has 1 atom stereocenters. The van der Waals surface area contributed by atoms with E-state index in [1.165, 1.54) is 24.5 Å². The van der Waals surface area contributed by atoms with Gasteiger partial charge in [0, 0.05) is 18.2 Å². The highest BCUT2D eigenvalue weighted by atomic mass is 16.5. The topological polar surface area (TPSA) is 56.0 Å². The van der Waals surface area contributed by atoms with Crippen molar-refractivity contribution >= 4 is 5.91 Å². The van der Waals surface area contributed by atoms with Crippen molar-refractivity contribution in [2.45, 2.75) is 33.2 Å². The molecular weight excluding hydrogens is 204 g/mol. The van der Waals surface area contributed by atoms with Crippen LogP contribution in [0.25, 0.3) is 0 Å². The smallest absolute Gasteiger partial charge is 0.251 e. The van der Waals surface area contributed by atoms with Crippen LogP contribution >= 0.6 is 0 Å². The maximum absolute atomic E-state index is 11.8. The molecule has 0 aliphatic carbocycles. The van der Waals surface area contributed by atoms with Crippen LogP contribution in [0, 0.1) is 11.1 Å². The van der Waals surface area contributed by atoms with Crippen LogP contribution in [0.3, 0.4) is 0 Å². The molecule has 1 aromatic heterocycles. The molecule has 4 nitrogen and oxygen atoms in total. The number of carbonyl (C=O) groups is 1. The largest absolute Gasteiger partial charge is 0.619 e. The van der Waals surface area contributed by atoms with Gasteiger partial charge in [0.2, 0.25) is 0 Å².